The molecule has 31 heavy (non-hydrogen) atoms. The molecule has 0 aliphatic rings. The summed E-state index contributed by atoms with van der Waals surface area (Å²) in [6.45, 7) is 2.37. The average Bonchev–Trinajstić information content (AvgIpc) is 3.21. The molecular weight excluding hydrogens is 410 g/mol. The molecule has 156 valence electrons. The topological polar surface area (TPSA) is 56.1 Å². The molecule has 0 spiro atoms. The van der Waals surface area contributed by atoms with E-state index in [1.807, 2.05) is 61.3 Å². The highest BCUT2D eigenvalue weighted by Gasteiger charge is 2.11. The summed E-state index contributed by atoms with van der Waals surface area (Å²) < 4.78 is 8.08. The molecule has 0 fully saturated rings. The first-order valence-corrected chi connectivity index (χ1v) is 10.3. The van der Waals surface area contributed by atoms with E-state index in [2.05, 4.69) is 10.3 Å². The van der Waals surface area contributed by atoms with Crippen LogP contribution in [0.1, 0.15) is 21.5 Å². The summed E-state index contributed by atoms with van der Waals surface area (Å²) in [5.41, 5.74) is 4.29. The molecule has 2 aromatic heterocycles. The fraction of sp³-hybridized carbons (Fsp3) is 0.120. The van der Waals surface area contributed by atoms with Crippen molar-refractivity contribution in [3.05, 3.63) is 101 Å². The SMILES string of the molecule is Cc1ccc(C(=O)NCc2ccc(Cl)cc2)cc1Oc1ccnc(-c2ccn(C)c2)c1. The number of aromatic nitrogens is 2. The second-order valence-electron chi connectivity index (χ2n) is 7.33. The first-order valence-electron chi connectivity index (χ1n) is 9.87. The number of carbonyl (C=O) groups is 1. The largest absolute Gasteiger partial charge is 0.457 e. The zero-order valence-electron chi connectivity index (χ0n) is 17.3. The number of aryl methyl sites for hydroxylation is 2. The monoisotopic (exact) mass is 431 g/mol. The molecule has 0 atom stereocenters. The molecule has 6 heteroatoms. The van der Waals surface area contributed by atoms with Gasteiger partial charge in [-0.1, -0.05) is 29.8 Å². The third-order valence-corrected chi connectivity index (χ3v) is 5.16. The number of pyridine rings is 1. The lowest BCUT2D eigenvalue weighted by atomic mass is 10.1. The standard InChI is InChI=1S/C25H22ClN3O2/c1-17-3-6-19(25(30)28-15-18-4-7-21(26)8-5-18)13-24(17)31-22-9-11-27-23(14-22)20-10-12-29(2)16-20/h3-14,16H,15H2,1-2H3,(H,28,30). The Morgan fingerprint density at radius 2 is 1.90 bits per heavy atom. The van der Waals surface area contributed by atoms with Gasteiger partial charge in [-0.05, 0) is 54.4 Å². The van der Waals surface area contributed by atoms with Crippen molar-refractivity contribution < 1.29 is 9.53 Å². The average molecular weight is 432 g/mol. The minimum absolute atomic E-state index is 0.167. The van der Waals surface area contributed by atoms with Crippen LogP contribution in [0.4, 0.5) is 0 Å². The van der Waals surface area contributed by atoms with Crippen LogP contribution in [0.3, 0.4) is 0 Å². The third-order valence-electron chi connectivity index (χ3n) is 4.90. The van der Waals surface area contributed by atoms with Crippen molar-refractivity contribution in [2.45, 2.75) is 13.5 Å². The fourth-order valence-corrected chi connectivity index (χ4v) is 3.28. The Morgan fingerprint density at radius 1 is 1.10 bits per heavy atom. The number of hydrogen-bond donors (Lipinski definition) is 1. The second-order valence-corrected chi connectivity index (χ2v) is 7.77. The van der Waals surface area contributed by atoms with Gasteiger partial charge in [-0.2, -0.15) is 0 Å². The summed E-state index contributed by atoms with van der Waals surface area (Å²) in [4.78, 5) is 17.1. The number of hydrogen-bond acceptors (Lipinski definition) is 3. The van der Waals surface area contributed by atoms with Gasteiger partial charge < -0.3 is 14.6 Å². The van der Waals surface area contributed by atoms with E-state index < -0.39 is 0 Å². The molecule has 0 bridgehead atoms. The smallest absolute Gasteiger partial charge is 0.251 e. The van der Waals surface area contributed by atoms with Gasteiger partial charge in [-0.25, -0.2) is 0 Å². The number of amides is 1. The zero-order valence-corrected chi connectivity index (χ0v) is 18.1. The van der Waals surface area contributed by atoms with Crippen LogP contribution < -0.4 is 10.1 Å². The van der Waals surface area contributed by atoms with Crippen molar-refractivity contribution in [3.8, 4) is 22.8 Å². The highest BCUT2D eigenvalue weighted by Crippen LogP contribution is 2.28. The van der Waals surface area contributed by atoms with Gasteiger partial charge in [0.25, 0.3) is 5.91 Å². The van der Waals surface area contributed by atoms with Crippen LogP contribution in [0.15, 0.2) is 79.3 Å². The Balaban J connectivity index is 1.49. The van der Waals surface area contributed by atoms with E-state index in [9.17, 15) is 4.79 Å². The molecule has 4 aromatic rings. The van der Waals surface area contributed by atoms with Gasteiger partial charge in [-0.15, -0.1) is 0 Å². The van der Waals surface area contributed by atoms with Crippen LogP contribution in [0.25, 0.3) is 11.3 Å². The molecule has 1 amide bonds. The summed E-state index contributed by atoms with van der Waals surface area (Å²) in [6, 6.07) is 18.5. The Labute approximate surface area is 186 Å². The fourth-order valence-electron chi connectivity index (χ4n) is 3.15. The summed E-state index contributed by atoms with van der Waals surface area (Å²) in [7, 11) is 1.97. The van der Waals surface area contributed by atoms with Crippen molar-refractivity contribution in [2.75, 3.05) is 0 Å². The van der Waals surface area contributed by atoms with Gasteiger partial charge in [0, 0.05) is 54.4 Å². The Hall–Kier alpha value is -3.57. The lowest BCUT2D eigenvalue weighted by Crippen LogP contribution is -2.22. The van der Waals surface area contributed by atoms with Crippen molar-refractivity contribution >= 4 is 17.5 Å². The number of carbonyl (C=O) groups excluding carboxylic acids is 1. The predicted octanol–water partition coefficient (Wildman–Crippen LogP) is 5.77. The maximum absolute atomic E-state index is 12.6. The molecule has 0 aliphatic carbocycles. The van der Waals surface area contributed by atoms with Crippen LogP contribution in [0.5, 0.6) is 11.5 Å². The van der Waals surface area contributed by atoms with E-state index in [-0.39, 0.29) is 5.91 Å². The van der Waals surface area contributed by atoms with Gasteiger partial charge in [0.15, 0.2) is 0 Å². The van der Waals surface area contributed by atoms with Crippen LogP contribution in [-0.2, 0) is 13.6 Å². The van der Waals surface area contributed by atoms with Crippen LogP contribution in [0.2, 0.25) is 5.02 Å². The maximum atomic E-state index is 12.6. The summed E-state index contributed by atoms with van der Waals surface area (Å²) in [5.74, 6) is 1.12. The van der Waals surface area contributed by atoms with Crippen molar-refractivity contribution in [1.29, 1.82) is 0 Å². The normalized spacial score (nSPS) is 10.7. The lowest BCUT2D eigenvalue weighted by Gasteiger charge is -2.12. The van der Waals surface area contributed by atoms with Crippen LogP contribution in [-0.4, -0.2) is 15.5 Å². The molecule has 0 saturated heterocycles. The third kappa shape index (κ3) is 5.13. The van der Waals surface area contributed by atoms with Gasteiger partial charge in [-0.3, -0.25) is 9.78 Å². The molecule has 0 aliphatic heterocycles. The second kappa shape index (κ2) is 9.06. The first-order chi connectivity index (χ1) is 15.0. The first kappa shape index (κ1) is 20.7. The molecule has 0 unspecified atom stereocenters. The number of rotatable bonds is 6. The van der Waals surface area contributed by atoms with Gasteiger partial charge in [0.2, 0.25) is 0 Å². The number of ether oxygens (including phenoxy) is 1. The Bertz CT molecular complexity index is 1220. The van der Waals surface area contributed by atoms with E-state index in [4.69, 9.17) is 16.3 Å². The van der Waals surface area contributed by atoms with Crippen LogP contribution >= 0.6 is 11.6 Å². The molecule has 2 aromatic carbocycles. The maximum Gasteiger partial charge on any atom is 0.251 e. The summed E-state index contributed by atoms with van der Waals surface area (Å²) >= 11 is 5.91. The van der Waals surface area contributed by atoms with E-state index in [1.165, 1.54) is 0 Å². The highest BCUT2D eigenvalue weighted by atomic mass is 35.5. The van der Waals surface area contributed by atoms with E-state index in [0.717, 1.165) is 22.4 Å². The number of nitrogens with one attached hydrogen (secondary N) is 1. The minimum atomic E-state index is -0.167. The van der Waals surface area contributed by atoms with E-state index >= 15 is 0 Å². The van der Waals surface area contributed by atoms with Crippen molar-refractivity contribution in [1.82, 2.24) is 14.9 Å². The summed E-state index contributed by atoms with van der Waals surface area (Å²) in [5, 5.41) is 3.60. The highest BCUT2D eigenvalue weighted by molar-refractivity contribution is 6.30. The lowest BCUT2D eigenvalue weighted by molar-refractivity contribution is 0.0950. The Morgan fingerprint density at radius 3 is 2.65 bits per heavy atom. The zero-order chi connectivity index (χ0) is 21.8. The Kier molecular flexibility index (Phi) is 6.05. The molecule has 5 nitrogen and oxygen atoms in total. The quantitative estimate of drug-likeness (QED) is 0.421. The van der Waals surface area contributed by atoms with E-state index in [0.29, 0.717) is 28.6 Å². The molecule has 2 heterocycles. The number of benzene rings is 2. The molecule has 0 saturated carbocycles. The predicted molar refractivity (Wildman–Crippen MR) is 123 cm³/mol. The van der Waals surface area contributed by atoms with E-state index in [1.54, 1.807) is 36.5 Å². The van der Waals surface area contributed by atoms with Gasteiger partial charge >= 0.3 is 0 Å². The molecular formula is C25H22ClN3O2. The van der Waals surface area contributed by atoms with Gasteiger partial charge in [0.05, 0.1) is 5.69 Å². The minimum Gasteiger partial charge on any atom is -0.457 e. The van der Waals surface area contributed by atoms with Gasteiger partial charge in [0.1, 0.15) is 11.5 Å². The molecule has 4 rings (SSSR count). The molecule has 1 N–H and O–H groups in total. The van der Waals surface area contributed by atoms with Crippen molar-refractivity contribution in [3.63, 3.8) is 0 Å². The summed E-state index contributed by atoms with van der Waals surface area (Å²) in [6.07, 6.45) is 5.69. The van der Waals surface area contributed by atoms with Crippen molar-refractivity contribution in [2.24, 2.45) is 7.05 Å². The molecule has 0 radical (unpaired) electrons. The van der Waals surface area contributed by atoms with Crippen LogP contribution in [0, 0.1) is 6.92 Å². The number of nitrogens with zero attached hydrogens (tertiary/aromatic N) is 2. The number of halogens is 1.